The lowest BCUT2D eigenvalue weighted by atomic mass is 10.0. The molecule has 0 aromatic heterocycles. The highest BCUT2D eigenvalue weighted by Gasteiger charge is 2.12. The molecule has 3 heteroatoms. The molecule has 98 valence electrons. The maximum Gasteiger partial charge on any atom is 0.336 e. The summed E-state index contributed by atoms with van der Waals surface area (Å²) in [6.45, 7) is 6.72. The summed E-state index contributed by atoms with van der Waals surface area (Å²) in [5.74, 6) is -0.885. The normalized spacial score (nSPS) is 10.1. The van der Waals surface area contributed by atoms with Gasteiger partial charge in [-0.3, -0.25) is 0 Å². The highest BCUT2D eigenvalue weighted by atomic mass is 16.4. The number of hydrogen-bond acceptors (Lipinski definition) is 2. The summed E-state index contributed by atoms with van der Waals surface area (Å²) < 4.78 is 0. The molecule has 0 unspecified atom stereocenters. The first-order valence-corrected chi connectivity index (χ1v) is 6.40. The van der Waals surface area contributed by atoms with E-state index in [4.69, 9.17) is 5.11 Å². The minimum Gasteiger partial charge on any atom is -0.478 e. The molecule has 0 amide bonds. The van der Waals surface area contributed by atoms with Gasteiger partial charge in [0.25, 0.3) is 0 Å². The summed E-state index contributed by atoms with van der Waals surface area (Å²) in [7, 11) is 0. The van der Waals surface area contributed by atoms with Crippen LogP contribution >= 0.6 is 0 Å². The number of hydrogen-bond donors (Lipinski definition) is 2. The SMILES string of the molecule is C=CCc1c(NCCCCC)cccc1C(=O)O. The first-order valence-electron chi connectivity index (χ1n) is 6.40. The summed E-state index contributed by atoms with van der Waals surface area (Å²) in [4.78, 5) is 11.2. The summed E-state index contributed by atoms with van der Waals surface area (Å²) in [6.07, 6.45) is 5.76. The fourth-order valence-electron chi connectivity index (χ4n) is 1.92. The number of aromatic carboxylic acids is 1. The van der Waals surface area contributed by atoms with Crippen molar-refractivity contribution in [1.82, 2.24) is 0 Å². The quantitative estimate of drug-likeness (QED) is 0.544. The monoisotopic (exact) mass is 247 g/mol. The standard InChI is InChI=1S/C15H21NO2/c1-3-5-6-11-16-14-10-7-9-13(15(17)18)12(14)8-4-2/h4,7,9-10,16H,2-3,5-6,8,11H2,1H3,(H,17,18). The third-order valence-electron chi connectivity index (χ3n) is 2.85. The molecule has 2 N–H and O–H groups in total. The van der Waals surface area contributed by atoms with Gasteiger partial charge in [0.1, 0.15) is 0 Å². The van der Waals surface area contributed by atoms with E-state index < -0.39 is 5.97 Å². The molecule has 18 heavy (non-hydrogen) atoms. The van der Waals surface area contributed by atoms with Gasteiger partial charge < -0.3 is 10.4 Å². The molecule has 0 bridgehead atoms. The Labute approximate surface area is 109 Å². The smallest absolute Gasteiger partial charge is 0.336 e. The lowest BCUT2D eigenvalue weighted by Crippen LogP contribution is -2.08. The largest absolute Gasteiger partial charge is 0.478 e. The zero-order valence-electron chi connectivity index (χ0n) is 10.9. The number of benzene rings is 1. The van der Waals surface area contributed by atoms with Crippen LogP contribution in [0.4, 0.5) is 5.69 Å². The van der Waals surface area contributed by atoms with Crippen LogP contribution in [0.2, 0.25) is 0 Å². The van der Waals surface area contributed by atoms with Gasteiger partial charge in [0.2, 0.25) is 0 Å². The molecule has 0 aliphatic carbocycles. The van der Waals surface area contributed by atoms with Crippen molar-refractivity contribution in [2.45, 2.75) is 32.6 Å². The maximum absolute atomic E-state index is 11.2. The van der Waals surface area contributed by atoms with Crippen LogP contribution in [0.1, 0.15) is 42.1 Å². The molecule has 0 saturated carbocycles. The van der Waals surface area contributed by atoms with Crippen LogP contribution < -0.4 is 5.32 Å². The lowest BCUT2D eigenvalue weighted by Gasteiger charge is -2.13. The molecule has 0 radical (unpaired) electrons. The van der Waals surface area contributed by atoms with Gasteiger partial charge in [0.15, 0.2) is 0 Å². The van der Waals surface area contributed by atoms with Crippen molar-refractivity contribution in [3.63, 3.8) is 0 Å². The van der Waals surface area contributed by atoms with E-state index in [0.29, 0.717) is 12.0 Å². The average Bonchev–Trinajstić information content (AvgIpc) is 2.36. The zero-order valence-corrected chi connectivity index (χ0v) is 10.9. The number of carbonyl (C=O) groups is 1. The average molecular weight is 247 g/mol. The van der Waals surface area contributed by atoms with Gasteiger partial charge in [0, 0.05) is 12.2 Å². The van der Waals surface area contributed by atoms with Crippen molar-refractivity contribution in [3.8, 4) is 0 Å². The summed E-state index contributed by atoms with van der Waals surface area (Å²) in [5, 5.41) is 12.5. The summed E-state index contributed by atoms with van der Waals surface area (Å²) >= 11 is 0. The second-order valence-corrected chi connectivity index (χ2v) is 4.26. The van der Waals surface area contributed by atoms with Crippen LogP contribution in [-0.4, -0.2) is 17.6 Å². The molecule has 1 rings (SSSR count). The molecule has 0 atom stereocenters. The van der Waals surface area contributed by atoms with E-state index in [1.807, 2.05) is 6.07 Å². The van der Waals surface area contributed by atoms with Crippen molar-refractivity contribution < 1.29 is 9.90 Å². The molecule has 1 aromatic rings. The number of carboxylic acid groups (broad SMARTS) is 1. The van der Waals surface area contributed by atoms with Crippen molar-refractivity contribution >= 4 is 11.7 Å². The molecule has 1 aromatic carbocycles. The summed E-state index contributed by atoms with van der Waals surface area (Å²) in [6, 6.07) is 5.34. The Balaban J connectivity index is 2.85. The van der Waals surface area contributed by atoms with E-state index in [9.17, 15) is 4.79 Å². The van der Waals surface area contributed by atoms with Crippen molar-refractivity contribution in [2.75, 3.05) is 11.9 Å². The van der Waals surface area contributed by atoms with Crippen molar-refractivity contribution in [1.29, 1.82) is 0 Å². The predicted molar refractivity (Wildman–Crippen MR) is 75.3 cm³/mol. The van der Waals surface area contributed by atoms with Gasteiger partial charge in [0.05, 0.1) is 5.56 Å². The van der Waals surface area contributed by atoms with Crippen LogP contribution in [0.3, 0.4) is 0 Å². The Bertz CT molecular complexity index is 413. The van der Waals surface area contributed by atoms with E-state index in [1.165, 1.54) is 12.8 Å². The number of rotatable bonds is 8. The molecule has 3 nitrogen and oxygen atoms in total. The van der Waals surface area contributed by atoms with Gasteiger partial charge in [-0.1, -0.05) is 31.9 Å². The molecule has 0 spiro atoms. The van der Waals surface area contributed by atoms with E-state index in [-0.39, 0.29) is 0 Å². The Hall–Kier alpha value is -1.77. The van der Waals surface area contributed by atoms with E-state index in [0.717, 1.165) is 24.2 Å². The molecule has 0 fully saturated rings. The van der Waals surface area contributed by atoms with Gasteiger partial charge in [-0.2, -0.15) is 0 Å². The van der Waals surface area contributed by atoms with Crippen LogP contribution in [0.5, 0.6) is 0 Å². The summed E-state index contributed by atoms with van der Waals surface area (Å²) in [5.41, 5.74) is 2.08. The molecule has 0 aliphatic heterocycles. The highest BCUT2D eigenvalue weighted by molar-refractivity contribution is 5.91. The molecule has 0 aliphatic rings. The number of anilines is 1. The highest BCUT2D eigenvalue weighted by Crippen LogP contribution is 2.21. The number of allylic oxidation sites excluding steroid dienone is 1. The van der Waals surface area contributed by atoms with Gasteiger partial charge in [-0.05, 0) is 30.5 Å². The Morgan fingerprint density at radius 3 is 2.83 bits per heavy atom. The topological polar surface area (TPSA) is 49.3 Å². The Morgan fingerprint density at radius 2 is 2.22 bits per heavy atom. The second-order valence-electron chi connectivity index (χ2n) is 4.26. The second kappa shape index (κ2) is 7.54. The van der Waals surface area contributed by atoms with E-state index in [1.54, 1.807) is 18.2 Å². The third kappa shape index (κ3) is 3.91. The van der Waals surface area contributed by atoms with Gasteiger partial charge >= 0.3 is 5.97 Å². The first-order chi connectivity index (χ1) is 8.70. The van der Waals surface area contributed by atoms with Gasteiger partial charge in [-0.15, -0.1) is 6.58 Å². The number of nitrogens with one attached hydrogen (secondary N) is 1. The van der Waals surface area contributed by atoms with E-state index >= 15 is 0 Å². The number of carboxylic acids is 1. The fourth-order valence-corrected chi connectivity index (χ4v) is 1.92. The minimum atomic E-state index is -0.885. The van der Waals surface area contributed by atoms with Crippen molar-refractivity contribution in [2.24, 2.45) is 0 Å². The number of unbranched alkanes of at least 4 members (excludes halogenated alkanes) is 2. The molecule has 0 heterocycles. The van der Waals surface area contributed by atoms with Crippen LogP contribution in [0, 0.1) is 0 Å². The first kappa shape index (κ1) is 14.3. The fraction of sp³-hybridized carbons (Fsp3) is 0.400. The zero-order chi connectivity index (χ0) is 13.4. The van der Waals surface area contributed by atoms with Crippen LogP contribution in [0.15, 0.2) is 30.9 Å². The maximum atomic E-state index is 11.2. The Kier molecular flexibility index (Phi) is 5.98. The lowest BCUT2D eigenvalue weighted by molar-refractivity contribution is 0.0696. The van der Waals surface area contributed by atoms with Crippen molar-refractivity contribution in [3.05, 3.63) is 42.0 Å². The minimum absolute atomic E-state index is 0.357. The Morgan fingerprint density at radius 1 is 1.44 bits per heavy atom. The molecular weight excluding hydrogens is 226 g/mol. The van der Waals surface area contributed by atoms with Crippen LogP contribution in [-0.2, 0) is 6.42 Å². The predicted octanol–water partition coefficient (Wildman–Crippen LogP) is 3.72. The third-order valence-corrected chi connectivity index (χ3v) is 2.85. The molecular formula is C15H21NO2. The van der Waals surface area contributed by atoms with E-state index in [2.05, 4.69) is 18.8 Å². The van der Waals surface area contributed by atoms with Crippen LogP contribution in [0.25, 0.3) is 0 Å². The van der Waals surface area contributed by atoms with Gasteiger partial charge in [-0.25, -0.2) is 4.79 Å². The molecule has 0 saturated heterocycles.